The first kappa shape index (κ1) is 13.0. The molecule has 0 atom stereocenters. The van der Waals surface area contributed by atoms with Crippen molar-refractivity contribution in [2.75, 3.05) is 19.6 Å². The van der Waals surface area contributed by atoms with Gasteiger partial charge in [0, 0.05) is 38.9 Å². The molecule has 1 saturated heterocycles. The van der Waals surface area contributed by atoms with Crippen LogP contribution in [0.4, 0.5) is 0 Å². The Bertz CT molecular complexity index is 458. The van der Waals surface area contributed by atoms with Crippen LogP contribution in [0.25, 0.3) is 0 Å². The van der Waals surface area contributed by atoms with Crippen LogP contribution >= 0.6 is 0 Å². The zero-order valence-corrected chi connectivity index (χ0v) is 12.4. The van der Waals surface area contributed by atoms with Crippen molar-refractivity contribution >= 4 is 0 Å². The van der Waals surface area contributed by atoms with Gasteiger partial charge in [-0.05, 0) is 24.5 Å². The second kappa shape index (κ2) is 4.82. The molecule has 1 fully saturated rings. The fraction of sp³-hybridized carbons (Fsp3) is 0.647. The van der Waals surface area contributed by atoms with Crippen LogP contribution in [-0.2, 0) is 6.42 Å². The predicted molar refractivity (Wildman–Crippen MR) is 78.8 cm³/mol. The van der Waals surface area contributed by atoms with Crippen molar-refractivity contribution in [2.24, 2.45) is 5.92 Å². The number of likely N-dealkylation sites (tertiary alicyclic amines) is 1. The summed E-state index contributed by atoms with van der Waals surface area (Å²) in [5, 5.41) is 0. The van der Waals surface area contributed by atoms with Crippen molar-refractivity contribution in [1.29, 1.82) is 0 Å². The lowest BCUT2D eigenvalue weighted by atomic mass is 9.86. The highest BCUT2D eigenvalue weighted by Crippen LogP contribution is 2.41. The number of ether oxygens (including phenoxy) is 1. The van der Waals surface area contributed by atoms with Crippen molar-refractivity contribution in [3.8, 4) is 5.75 Å². The first-order valence-corrected chi connectivity index (χ1v) is 7.57. The fourth-order valence-electron chi connectivity index (χ4n) is 3.50. The molecule has 2 nitrogen and oxygen atoms in total. The van der Waals surface area contributed by atoms with E-state index in [1.54, 1.807) is 0 Å². The third-order valence-electron chi connectivity index (χ3n) is 4.45. The molecule has 2 heteroatoms. The lowest BCUT2D eigenvalue weighted by Crippen LogP contribution is -2.48. The number of fused-ring (bicyclic) bond motifs is 1. The minimum absolute atomic E-state index is 0.101. The number of nitrogens with zero attached hydrogens (tertiary/aromatic N) is 1. The Hall–Kier alpha value is -1.02. The van der Waals surface area contributed by atoms with Crippen LogP contribution in [0, 0.1) is 12.8 Å². The molecule has 2 aliphatic rings. The number of rotatable bonds is 2. The van der Waals surface area contributed by atoms with Crippen LogP contribution < -0.4 is 4.74 Å². The quantitative estimate of drug-likeness (QED) is 0.807. The average Bonchev–Trinajstić information content (AvgIpc) is 2.69. The van der Waals surface area contributed by atoms with Crippen LogP contribution in [0.15, 0.2) is 18.2 Å². The minimum atomic E-state index is 0.101. The van der Waals surface area contributed by atoms with Crippen molar-refractivity contribution in [3.05, 3.63) is 29.3 Å². The van der Waals surface area contributed by atoms with Gasteiger partial charge >= 0.3 is 0 Å². The third kappa shape index (κ3) is 2.64. The molecule has 104 valence electrons. The number of benzene rings is 1. The Morgan fingerprint density at radius 3 is 2.68 bits per heavy atom. The molecule has 19 heavy (non-hydrogen) atoms. The van der Waals surface area contributed by atoms with Gasteiger partial charge in [0.25, 0.3) is 0 Å². The van der Waals surface area contributed by atoms with Crippen LogP contribution in [0.3, 0.4) is 0 Å². The van der Waals surface area contributed by atoms with E-state index in [2.05, 4.69) is 43.9 Å². The standard InChI is InChI=1S/C17H25NO/c1-13(2)12-18-8-6-17(7-9-18)11-15-10-14(3)4-5-16(15)19-17/h4-5,10,13H,6-9,11-12H2,1-3H3. The van der Waals surface area contributed by atoms with E-state index < -0.39 is 0 Å². The first-order chi connectivity index (χ1) is 9.06. The summed E-state index contributed by atoms with van der Waals surface area (Å²) in [6.07, 6.45) is 3.46. The van der Waals surface area contributed by atoms with Crippen LogP contribution in [0.1, 0.15) is 37.8 Å². The van der Waals surface area contributed by atoms with Crippen molar-refractivity contribution in [1.82, 2.24) is 4.90 Å². The summed E-state index contributed by atoms with van der Waals surface area (Å²) < 4.78 is 6.32. The highest BCUT2D eigenvalue weighted by Gasteiger charge is 2.41. The highest BCUT2D eigenvalue weighted by atomic mass is 16.5. The topological polar surface area (TPSA) is 12.5 Å². The van der Waals surface area contributed by atoms with Crippen molar-refractivity contribution in [3.63, 3.8) is 0 Å². The molecule has 0 radical (unpaired) electrons. The number of hydrogen-bond acceptors (Lipinski definition) is 2. The smallest absolute Gasteiger partial charge is 0.123 e. The molecule has 0 aliphatic carbocycles. The summed E-state index contributed by atoms with van der Waals surface area (Å²) in [6.45, 7) is 10.4. The van der Waals surface area contributed by atoms with E-state index in [1.807, 2.05) is 0 Å². The van der Waals surface area contributed by atoms with E-state index in [1.165, 1.54) is 43.6 Å². The Balaban J connectivity index is 1.66. The maximum atomic E-state index is 6.32. The van der Waals surface area contributed by atoms with Gasteiger partial charge in [-0.25, -0.2) is 0 Å². The molecule has 1 spiro atoms. The third-order valence-corrected chi connectivity index (χ3v) is 4.45. The summed E-state index contributed by atoms with van der Waals surface area (Å²) in [5.74, 6) is 1.89. The summed E-state index contributed by atoms with van der Waals surface area (Å²) in [4.78, 5) is 2.59. The SMILES string of the molecule is Cc1ccc2c(c1)CC1(CCN(CC(C)C)CC1)O2. The molecule has 0 saturated carbocycles. The van der Waals surface area contributed by atoms with Gasteiger partial charge in [-0.3, -0.25) is 0 Å². The number of aryl methyl sites for hydroxylation is 1. The fourth-order valence-corrected chi connectivity index (χ4v) is 3.50. The van der Waals surface area contributed by atoms with Gasteiger partial charge in [0.1, 0.15) is 11.4 Å². The molecule has 0 N–H and O–H groups in total. The summed E-state index contributed by atoms with van der Waals surface area (Å²) in [7, 11) is 0. The molecule has 0 amide bonds. The second-order valence-electron chi connectivity index (χ2n) is 6.77. The minimum Gasteiger partial charge on any atom is -0.487 e. The van der Waals surface area contributed by atoms with Gasteiger partial charge in [-0.1, -0.05) is 31.5 Å². The lowest BCUT2D eigenvalue weighted by molar-refractivity contribution is 0.0163. The molecular weight excluding hydrogens is 234 g/mol. The van der Waals surface area contributed by atoms with E-state index in [-0.39, 0.29) is 5.60 Å². The first-order valence-electron chi connectivity index (χ1n) is 7.57. The average molecular weight is 259 g/mol. The van der Waals surface area contributed by atoms with E-state index in [0.717, 1.165) is 18.1 Å². The van der Waals surface area contributed by atoms with Gasteiger partial charge < -0.3 is 9.64 Å². The molecule has 2 heterocycles. The van der Waals surface area contributed by atoms with E-state index in [4.69, 9.17) is 4.74 Å². The Morgan fingerprint density at radius 1 is 1.26 bits per heavy atom. The molecule has 0 bridgehead atoms. The monoisotopic (exact) mass is 259 g/mol. The van der Waals surface area contributed by atoms with Gasteiger partial charge in [0.2, 0.25) is 0 Å². The largest absolute Gasteiger partial charge is 0.487 e. The Morgan fingerprint density at radius 2 is 2.00 bits per heavy atom. The second-order valence-corrected chi connectivity index (χ2v) is 6.77. The predicted octanol–water partition coefficient (Wildman–Crippen LogP) is 3.42. The molecular formula is C17H25NO. The van der Waals surface area contributed by atoms with Crippen LogP contribution in [0.2, 0.25) is 0 Å². The maximum Gasteiger partial charge on any atom is 0.123 e. The van der Waals surface area contributed by atoms with E-state index in [0.29, 0.717) is 0 Å². The zero-order valence-electron chi connectivity index (χ0n) is 12.4. The van der Waals surface area contributed by atoms with Crippen molar-refractivity contribution in [2.45, 2.75) is 45.6 Å². The maximum absolute atomic E-state index is 6.32. The Kier molecular flexibility index (Phi) is 3.30. The van der Waals surface area contributed by atoms with E-state index >= 15 is 0 Å². The molecule has 3 rings (SSSR count). The summed E-state index contributed by atoms with van der Waals surface area (Å²) in [6, 6.07) is 6.61. The van der Waals surface area contributed by atoms with E-state index in [9.17, 15) is 0 Å². The van der Waals surface area contributed by atoms with Gasteiger partial charge in [-0.15, -0.1) is 0 Å². The highest BCUT2D eigenvalue weighted by molar-refractivity contribution is 5.42. The van der Waals surface area contributed by atoms with Gasteiger partial charge in [-0.2, -0.15) is 0 Å². The van der Waals surface area contributed by atoms with Gasteiger partial charge in [0.05, 0.1) is 0 Å². The van der Waals surface area contributed by atoms with Crippen molar-refractivity contribution < 1.29 is 4.74 Å². The van der Waals surface area contributed by atoms with Crippen LogP contribution in [-0.4, -0.2) is 30.1 Å². The molecule has 0 unspecified atom stereocenters. The molecule has 0 aromatic heterocycles. The molecule has 1 aromatic carbocycles. The van der Waals surface area contributed by atoms with Gasteiger partial charge in [0.15, 0.2) is 0 Å². The zero-order chi connectivity index (χ0) is 13.5. The number of piperidine rings is 1. The normalized spacial score (nSPS) is 21.7. The lowest BCUT2D eigenvalue weighted by Gasteiger charge is -2.39. The summed E-state index contributed by atoms with van der Waals surface area (Å²) >= 11 is 0. The number of hydrogen-bond donors (Lipinski definition) is 0. The summed E-state index contributed by atoms with van der Waals surface area (Å²) in [5.41, 5.74) is 2.86. The molecule has 1 aromatic rings. The van der Waals surface area contributed by atoms with Crippen LogP contribution in [0.5, 0.6) is 5.75 Å². The molecule has 2 aliphatic heterocycles. The Labute approximate surface area is 116 Å².